The molecule has 1 aliphatic heterocycles. The lowest BCUT2D eigenvalue weighted by molar-refractivity contribution is 0.227. The van der Waals surface area contributed by atoms with Crippen molar-refractivity contribution in [1.29, 1.82) is 0 Å². The topological polar surface area (TPSA) is 55.4 Å². The van der Waals surface area contributed by atoms with Crippen molar-refractivity contribution in [2.45, 2.75) is 31.9 Å². The van der Waals surface area contributed by atoms with Gasteiger partial charge >= 0.3 is 0 Å². The number of sulfone groups is 1. The molecule has 0 bridgehead atoms. The van der Waals surface area contributed by atoms with Crippen molar-refractivity contribution in [3.8, 4) is 5.75 Å². The molecule has 1 heterocycles. The minimum absolute atomic E-state index is 0. The first-order chi connectivity index (χ1) is 11.9. The molecule has 0 aromatic heterocycles. The largest absolute Gasteiger partial charge is 0.488 e. The highest BCUT2D eigenvalue weighted by atomic mass is 35.5. The maximum Gasteiger partial charge on any atom is 0.148 e. The Labute approximate surface area is 162 Å². The summed E-state index contributed by atoms with van der Waals surface area (Å²) in [4.78, 5) is 0. The molecule has 0 saturated heterocycles. The molecule has 1 unspecified atom stereocenters. The number of hydrogen-bond donors (Lipinski definition) is 1. The van der Waals surface area contributed by atoms with Gasteiger partial charge in [-0.1, -0.05) is 49.4 Å². The molecule has 6 heteroatoms. The summed E-state index contributed by atoms with van der Waals surface area (Å²) in [5.41, 5.74) is 3.52. The Morgan fingerprint density at radius 2 is 1.85 bits per heavy atom. The third-order valence-electron chi connectivity index (χ3n) is 4.52. The van der Waals surface area contributed by atoms with E-state index in [0.717, 1.165) is 30.8 Å². The van der Waals surface area contributed by atoms with E-state index in [1.165, 1.54) is 17.4 Å². The predicted molar refractivity (Wildman–Crippen MR) is 108 cm³/mol. The van der Waals surface area contributed by atoms with E-state index in [1.54, 1.807) is 0 Å². The van der Waals surface area contributed by atoms with Crippen LogP contribution in [0.5, 0.6) is 5.75 Å². The number of benzene rings is 2. The fourth-order valence-electron chi connectivity index (χ4n) is 3.26. The van der Waals surface area contributed by atoms with E-state index < -0.39 is 9.84 Å². The van der Waals surface area contributed by atoms with Gasteiger partial charge in [0.1, 0.15) is 21.7 Å². The average Bonchev–Trinajstić information content (AvgIpc) is 2.96. The van der Waals surface area contributed by atoms with Gasteiger partial charge in [0.25, 0.3) is 0 Å². The number of hydrogen-bond acceptors (Lipinski definition) is 4. The standard InChI is InChI=1S/C20H25NO3S.ClH/c1-15(14-25(2,22)23)17-9-7-16(8-10-17)12-21-13-19-11-18-5-3-4-6-20(18)24-19;/h3-10,15,19,21H,11-14H2,1-2H3;1H/t15-,19?;/m0./s1. The van der Waals surface area contributed by atoms with E-state index in [4.69, 9.17) is 4.74 Å². The Morgan fingerprint density at radius 3 is 2.50 bits per heavy atom. The summed E-state index contributed by atoms with van der Waals surface area (Å²) in [6.07, 6.45) is 2.42. The van der Waals surface area contributed by atoms with Crippen LogP contribution in [0.25, 0.3) is 0 Å². The van der Waals surface area contributed by atoms with Crippen LogP contribution in [0.3, 0.4) is 0 Å². The van der Waals surface area contributed by atoms with E-state index >= 15 is 0 Å². The minimum Gasteiger partial charge on any atom is -0.488 e. The SMILES string of the molecule is C[C@@H](CS(C)(=O)=O)c1ccc(CNCC2Cc3ccccc3O2)cc1.Cl. The maximum atomic E-state index is 11.4. The Bertz CT molecular complexity index is 796. The highest BCUT2D eigenvalue weighted by Crippen LogP contribution is 2.27. The van der Waals surface area contributed by atoms with Crippen molar-refractivity contribution in [3.63, 3.8) is 0 Å². The summed E-state index contributed by atoms with van der Waals surface area (Å²) in [6.45, 7) is 3.53. The summed E-state index contributed by atoms with van der Waals surface area (Å²) in [6, 6.07) is 16.4. The zero-order chi connectivity index (χ0) is 17.9. The molecule has 0 spiro atoms. The maximum absolute atomic E-state index is 11.4. The molecular weight excluding hydrogens is 370 g/mol. The van der Waals surface area contributed by atoms with Crippen molar-refractivity contribution >= 4 is 22.2 Å². The van der Waals surface area contributed by atoms with Crippen LogP contribution in [-0.2, 0) is 22.8 Å². The van der Waals surface area contributed by atoms with Crippen LogP contribution in [-0.4, -0.2) is 33.1 Å². The van der Waals surface area contributed by atoms with Crippen LogP contribution in [0.15, 0.2) is 48.5 Å². The van der Waals surface area contributed by atoms with Gasteiger partial charge in [-0.05, 0) is 28.7 Å². The van der Waals surface area contributed by atoms with Gasteiger partial charge in [-0.3, -0.25) is 0 Å². The molecule has 0 amide bonds. The van der Waals surface area contributed by atoms with E-state index in [-0.39, 0.29) is 30.2 Å². The van der Waals surface area contributed by atoms with Crippen molar-refractivity contribution < 1.29 is 13.2 Å². The van der Waals surface area contributed by atoms with Gasteiger partial charge in [-0.2, -0.15) is 0 Å². The summed E-state index contributed by atoms with van der Waals surface area (Å²) in [7, 11) is -2.95. The van der Waals surface area contributed by atoms with Crippen LogP contribution in [0, 0.1) is 0 Å². The molecule has 142 valence electrons. The van der Waals surface area contributed by atoms with Crippen LogP contribution in [0.2, 0.25) is 0 Å². The average molecular weight is 396 g/mol. The van der Waals surface area contributed by atoms with E-state index in [2.05, 4.69) is 23.5 Å². The quantitative estimate of drug-likeness (QED) is 0.781. The lowest BCUT2D eigenvalue weighted by Gasteiger charge is -2.13. The first-order valence-electron chi connectivity index (χ1n) is 8.62. The second-order valence-corrected chi connectivity index (χ2v) is 9.10. The van der Waals surface area contributed by atoms with E-state index in [0.29, 0.717) is 0 Å². The Morgan fingerprint density at radius 1 is 1.15 bits per heavy atom. The number of rotatable bonds is 7. The van der Waals surface area contributed by atoms with E-state index in [9.17, 15) is 8.42 Å². The number of nitrogens with one attached hydrogen (secondary N) is 1. The zero-order valence-electron chi connectivity index (χ0n) is 15.1. The Kier molecular flexibility index (Phi) is 7.09. The van der Waals surface area contributed by atoms with Crippen LogP contribution in [0.4, 0.5) is 0 Å². The van der Waals surface area contributed by atoms with Gasteiger partial charge in [-0.25, -0.2) is 8.42 Å². The fraction of sp³-hybridized carbons (Fsp3) is 0.400. The van der Waals surface area contributed by atoms with Crippen molar-refractivity contribution in [2.75, 3.05) is 18.6 Å². The molecular formula is C20H26ClNO3S. The van der Waals surface area contributed by atoms with Crippen LogP contribution in [0.1, 0.15) is 29.5 Å². The lowest BCUT2D eigenvalue weighted by atomic mass is 10.0. The Balaban J connectivity index is 0.00000243. The molecule has 0 radical (unpaired) electrons. The van der Waals surface area contributed by atoms with E-state index in [1.807, 2.05) is 37.3 Å². The summed E-state index contributed by atoms with van der Waals surface area (Å²) < 4.78 is 28.7. The smallest absolute Gasteiger partial charge is 0.148 e. The lowest BCUT2D eigenvalue weighted by Crippen LogP contribution is -2.29. The molecule has 2 aromatic rings. The highest BCUT2D eigenvalue weighted by Gasteiger charge is 2.21. The van der Waals surface area contributed by atoms with Crippen molar-refractivity contribution in [1.82, 2.24) is 5.32 Å². The van der Waals surface area contributed by atoms with Gasteiger partial charge in [0.05, 0.1) is 5.75 Å². The van der Waals surface area contributed by atoms with Crippen molar-refractivity contribution in [2.24, 2.45) is 0 Å². The molecule has 2 aromatic carbocycles. The first kappa shape index (κ1) is 20.7. The first-order valence-corrected chi connectivity index (χ1v) is 10.7. The predicted octanol–water partition coefficient (Wildman–Crippen LogP) is 3.35. The molecule has 2 atom stereocenters. The normalized spacial score (nSPS) is 17.1. The molecule has 0 fully saturated rings. The summed E-state index contributed by atoms with van der Waals surface area (Å²) >= 11 is 0. The number of para-hydroxylation sites is 1. The number of fused-ring (bicyclic) bond motifs is 1. The van der Waals surface area contributed by atoms with Gasteiger partial charge in [0.15, 0.2) is 0 Å². The van der Waals surface area contributed by atoms with Gasteiger partial charge in [0, 0.05) is 25.8 Å². The second kappa shape index (κ2) is 8.89. The van der Waals surface area contributed by atoms with Gasteiger partial charge in [-0.15, -0.1) is 12.4 Å². The van der Waals surface area contributed by atoms with Gasteiger partial charge in [0.2, 0.25) is 0 Å². The zero-order valence-corrected chi connectivity index (χ0v) is 16.8. The number of ether oxygens (including phenoxy) is 1. The number of halogens is 1. The molecule has 26 heavy (non-hydrogen) atoms. The second-order valence-electron chi connectivity index (χ2n) is 6.92. The summed E-state index contributed by atoms with van der Waals surface area (Å²) in [5.74, 6) is 1.20. The fourth-order valence-corrected chi connectivity index (χ4v) is 4.36. The van der Waals surface area contributed by atoms with Crippen LogP contribution >= 0.6 is 12.4 Å². The molecule has 3 rings (SSSR count). The van der Waals surface area contributed by atoms with Gasteiger partial charge < -0.3 is 10.1 Å². The Hall–Kier alpha value is -1.56. The summed E-state index contributed by atoms with van der Waals surface area (Å²) in [5, 5.41) is 3.44. The minimum atomic E-state index is -2.95. The molecule has 4 nitrogen and oxygen atoms in total. The third kappa shape index (κ3) is 5.73. The monoisotopic (exact) mass is 395 g/mol. The van der Waals surface area contributed by atoms with Crippen molar-refractivity contribution in [3.05, 3.63) is 65.2 Å². The molecule has 1 aliphatic rings. The third-order valence-corrected chi connectivity index (χ3v) is 5.62. The molecule has 0 saturated carbocycles. The molecule has 0 aliphatic carbocycles. The molecule has 1 N–H and O–H groups in total. The highest BCUT2D eigenvalue weighted by molar-refractivity contribution is 7.90. The van der Waals surface area contributed by atoms with Crippen LogP contribution < -0.4 is 10.1 Å².